The fourth-order valence-electron chi connectivity index (χ4n) is 3.48. The molecule has 0 radical (unpaired) electrons. The topological polar surface area (TPSA) is 67.9 Å². The molecule has 6 heteroatoms. The second-order valence-corrected chi connectivity index (χ2v) is 6.60. The molecule has 0 spiro atoms. The molecule has 0 aliphatic carbocycles. The molecule has 2 aromatic rings. The fourth-order valence-corrected chi connectivity index (χ4v) is 3.48. The summed E-state index contributed by atoms with van der Waals surface area (Å²) in [5.74, 6) is 1.09. The minimum atomic E-state index is -0.519. The lowest BCUT2D eigenvalue weighted by atomic mass is 10.1. The van der Waals surface area contributed by atoms with Gasteiger partial charge in [0.15, 0.2) is 11.5 Å². The van der Waals surface area contributed by atoms with Crippen LogP contribution in [0.4, 0.5) is 5.69 Å². The number of hydrogen-bond acceptors (Lipinski definition) is 4. The molecule has 2 aromatic carbocycles. The highest BCUT2D eigenvalue weighted by Crippen LogP contribution is 2.33. The number of para-hydroxylation sites is 1. The Labute approximate surface area is 165 Å². The van der Waals surface area contributed by atoms with Crippen LogP contribution in [0.5, 0.6) is 11.5 Å². The van der Waals surface area contributed by atoms with E-state index in [-0.39, 0.29) is 11.8 Å². The highest BCUT2D eigenvalue weighted by molar-refractivity contribution is 6.03. The third kappa shape index (κ3) is 3.96. The van der Waals surface area contributed by atoms with Gasteiger partial charge in [0, 0.05) is 25.1 Å². The number of nitrogens with one attached hydrogen (secondary N) is 1. The van der Waals surface area contributed by atoms with Gasteiger partial charge in [0.2, 0.25) is 11.8 Å². The smallest absolute Gasteiger partial charge is 0.243 e. The highest BCUT2D eigenvalue weighted by atomic mass is 16.5. The number of benzene rings is 2. The van der Waals surface area contributed by atoms with Crippen LogP contribution in [0, 0.1) is 0 Å². The quantitative estimate of drug-likeness (QED) is 0.799. The van der Waals surface area contributed by atoms with Crippen molar-refractivity contribution in [3.63, 3.8) is 0 Å². The van der Waals surface area contributed by atoms with Crippen LogP contribution < -0.4 is 19.7 Å². The van der Waals surface area contributed by atoms with E-state index < -0.39 is 6.04 Å². The van der Waals surface area contributed by atoms with E-state index in [2.05, 4.69) is 5.32 Å². The van der Waals surface area contributed by atoms with E-state index in [1.807, 2.05) is 56.3 Å². The van der Waals surface area contributed by atoms with E-state index in [0.29, 0.717) is 37.5 Å². The Kier molecular flexibility index (Phi) is 6.19. The van der Waals surface area contributed by atoms with Gasteiger partial charge < -0.3 is 14.8 Å². The second kappa shape index (κ2) is 8.78. The molecule has 0 fully saturated rings. The van der Waals surface area contributed by atoms with Crippen LogP contribution in [0.3, 0.4) is 0 Å². The van der Waals surface area contributed by atoms with E-state index in [1.165, 1.54) is 0 Å². The summed E-state index contributed by atoms with van der Waals surface area (Å²) in [6, 6.07) is 12.7. The predicted octanol–water partition coefficient (Wildman–Crippen LogP) is 3.08. The maximum absolute atomic E-state index is 12.9. The number of rotatable bonds is 7. The molecule has 0 bridgehead atoms. The molecule has 3 rings (SSSR count). The van der Waals surface area contributed by atoms with Crippen molar-refractivity contribution in [1.29, 1.82) is 0 Å². The van der Waals surface area contributed by atoms with Gasteiger partial charge in [-0.3, -0.25) is 14.5 Å². The van der Waals surface area contributed by atoms with Gasteiger partial charge in [0.1, 0.15) is 6.04 Å². The first kappa shape index (κ1) is 19.7. The van der Waals surface area contributed by atoms with Crippen molar-refractivity contribution < 1.29 is 19.1 Å². The van der Waals surface area contributed by atoms with Crippen LogP contribution >= 0.6 is 0 Å². The van der Waals surface area contributed by atoms with Crippen LogP contribution in [0.15, 0.2) is 42.5 Å². The highest BCUT2D eigenvalue weighted by Gasteiger charge is 2.37. The zero-order chi connectivity index (χ0) is 20.1. The van der Waals surface area contributed by atoms with Gasteiger partial charge in [-0.05, 0) is 36.2 Å². The van der Waals surface area contributed by atoms with Crippen LogP contribution in [-0.4, -0.2) is 31.6 Å². The number of hydrogen-bond donors (Lipinski definition) is 1. The molecule has 0 aromatic heterocycles. The van der Waals surface area contributed by atoms with Gasteiger partial charge in [-0.25, -0.2) is 0 Å². The third-order valence-corrected chi connectivity index (χ3v) is 4.84. The lowest BCUT2D eigenvalue weighted by Gasteiger charge is -2.24. The lowest BCUT2D eigenvalue weighted by Crippen LogP contribution is -2.47. The Morgan fingerprint density at radius 3 is 2.64 bits per heavy atom. The molecular weight excluding hydrogens is 356 g/mol. The summed E-state index contributed by atoms with van der Waals surface area (Å²) in [5, 5.41) is 2.96. The van der Waals surface area contributed by atoms with Crippen molar-refractivity contribution in [2.24, 2.45) is 0 Å². The van der Waals surface area contributed by atoms with Gasteiger partial charge in [0.05, 0.1) is 13.7 Å². The summed E-state index contributed by atoms with van der Waals surface area (Å²) in [6.07, 6.45) is 0.883. The van der Waals surface area contributed by atoms with Gasteiger partial charge in [0.25, 0.3) is 0 Å². The normalized spacial score (nSPS) is 15.1. The zero-order valence-electron chi connectivity index (χ0n) is 16.5. The van der Waals surface area contributed by atoms with Crippen molar-refractivity contribution in [2.75, 3.05) is 18.6 Å². The minimum absolute atomic E-state index is 0.0483. The monoisotopic (exact) mass is 382 g/mol. The summed E-state index contributed by atoms with van der Waals surface area (Å²) in [4.78, 5) is 27.0. The molecule has 6 nitrogen and oxygen atoms in total. The molecular formula is C22H26N2O4. The van der Waals surface area contributed by atoms with Crippen LogP contribution in [0.1, 0.15) is 31.4 Å². The first-order valence-electron chi connectivity index (χ1n) is 9.56. The van der Waals surface area contributed by atoms with Gasteiger partial charge in [-0.15, -0.1) is 0 Å². The Morgan fingerprint density at radius 1 is 1.14 bits per heavy atom. The summed E-state index contributed by atoms with van der Waals surface area (Å²) >= 11 is 0. The molecule has 1 aliphatic rings. The fraction of sp³-hybridized carbons (Fsp3) is 0.364. The molecule has 1 atom stereocenters. The molecule has 0 unspecified atom stereocenters. The predicted molar refractivity (Wildman–Crippen MR) is 108 cm³/mol. The van der Waals surface area contributed by atoms with Gasteiger partial charge in [-0.2, -0.15) is 0 Å². The molecule has 2 amide bonds. The van der Waals surface area contributed by atoms with E-state index in [4.69, 9.17) is 9.47 Å². The standard InChI is InChI=1S/C22H26N2O4/c1-4-21(25)24-17-9-7-6-8-16(17)13-18(24)22(26)23-14-15-10-11-19(28-5-2)20(12-15)27-3/h6-12,18H,4-5,13-14H2,1-3H3,(H,23,26)/t18-/m0/s1. The van der Waals surface area contributed by atoms with Crippen LogP contribution in [-0.2, 0) is 22.6 Å². The van der Waals surface area contributed by atoms with E-state index in [9.17, 15) is 9.59 Å². The van der Waals surface area contributed by atoms with Crippen molar-refractivity contribution >= 4 is 17.5 Å². The second-order valence-electron chi connectivity index (χ2n) is 6.60. The summed E-state index contributed by atoms with van der Waals surface area (Å²) in [7, 11) is 1.59. The number of methoxy groups -OCH3 is 1. The average Bonchev–Trinajstić information content (AvgIpc) is 3.12. The minimum Gasteiger partial charge on any atom is -0.493 e. The molecule has 0 saturated carbocycles. The number of anilines is 1. The number of fused-ring (bicyclic) bond motifs is 1. The number of carbonyl (C=O) groups excluding carboxylic acids is 2. The van der Waals surface area contributed by atoms with Gasteiger partial charge >= 0.3 is 0 Å². The molecule has 1 heterocycles. The molecule has 1 N–H and O–H groups in total. The SMILES string of the molecule is CCOc1ccc(CNC(=O)[C@@H]2Cc3ccccc3N2C(=O)CC)cc1OC. The summed E-state index contributed by atoms with van der Waals surface area (Å²) in [5.41, 5.74) is 2.75. The lowest BCUT2D eigenvalue weighted by molar-refractivity contribution is -0.126. The first-order chi connectivity index (χ1) is 13.6. The van der Waals surface area contributed by atoms with Crippen molar-refractivity contribution in [3.05, 3.63) is 53.6 Å². The molecule has 148 valence electrons. The van der Waals surface area contributed by atoms with E-state index >= 15 is 0 Å². The zero-order valence-corrected chi connectivity index (χ0v) is 16.5. The average molecular weight is 382 g/mol. The van der Waals surface area contributed by atoms with E-state index in [0.717, 1.165) is 16.8 Å². The number of amides is 2. The Balaban J connectivity index is 1.72. The number of nitrogens with zero attached hydrogens (tertiary/aromatic N) is 1. The largest absolute Gasteiger partial charge is 0.493 e. The van der Waals surface area contributed by atoms with Crippen molar-refractivity contribution in [3.8, 4) is 11.5 Å². The molecule has 28 heavy (non-hydrogen) atoms. The first-order valence-corrected chi connectivity index (χ1v) is 9.56. The Hall–Kier alpha value is -3.02. The maximum atomic E-state index is 12.9. The third-order valence-electron chi connectivity index (χ3n) is 4.84. The molecule has 1 aliphatic heterocycles. The van der Waals surface area contributed by atoms with Crippen LogP contribution in [0.25, 0.3) is 0 Å². The van der Waals surface area contributed by atoms with Gasteiger partial charge in [-0.1, -0.05) is 31.2 Å². The Bertz CT molecular complexity index is 865. The number of ether oxygens (including phenoxy) is 2. The van der Waals surface area contributed by atoms with Crippen molar-refractivity contribution in [1.82, 2.24) is 5.32 Å². The summed E-state index contributed by atoms with van der Waals surface area (Å²) in [6.45, 7) is 4.62. The molecule has 0 saturated heterocycles. The number of carbonyl (C=O) groups is 2. The van der Waals surface area contributed by atoms with Crippen molar-refractivity contribution in [2.45, 2.75) is 39.3 Å². The van der Waals surface area contributed by atoms with Crippen LogP contribution in [0.2, 0.25) is 0 Å². The summed E-state index contributed by atoms with van der Waals surface area (Å²) < 4.78 is 10.9. The maximum Gasteiger partial charge on any atom is 0.243 e. The van der Waals surface area contributed by atoms with E-state index in [1.54, 1.807) is 12.0 Å². The Morgan fingerprint density at radius 2 is 1.93 bits per heavy atom.